The maximum absolute atomic E-state index is 5.75. The van der Waals surface area contributed by atoms with Gasteiger partial charge in [0.1, 0.15) is 0 Å². The van der Waals surface area contributed by atoms with E-state index in [1.807, 2.05) is 0 Å². The van der Waals surface area contributed by atoms with Crippen molar-refractivity contribution >= 4 is 0 Å². The summed E-state index contributed by atoms with van der Waals surface area (Å²) in [6.45, 7) is 10.8. The standard InChI is InChI=1S/C17H33NO2/c1-16(2,3)18-14-17(9-12-19-13-10-17)8-4-6-15-7-5-11-20-15/h15,18H,4-14H2,1-3H3. The minimum absolute atomic E-state index is 0.208. The fourth-order valence-corrected chi connectivity index (χ4v) is 3.35. The first kappa shape index (κ1) is 16.3. The van der Waals surface area contributed by atoms with Crippen LogP contribution in [0.5, 0.6) is 0 Å². The molecule has 2 saturated heterocycles. The number of rotatable bonds is 6. The van der Waals surface area contributed by atoms with Gasteiger partial charge in [0.25, 0.3) is 0 Å². The lowest BCUT2D eigenvalue weighted by Gasteiger charge is -2.40. The molecule has 2 heterocycles. The number of hydrogen-bond donors (Lipinski definition) is 1. The Kier molecular flexibility index (Phi) is 5.88. The highest BCUT2D eigenvalue weighted by molar-refractivity contribution is 4.87. The van der Waals surface area contributed by atoms with E-state index >= 15 is 0 Å². The van der Waals surface area contributed by atoms with E-state index < -0.39 is 0 Å². The van der Waals surface area contributed by atoms with E-state index in [0.29, 0.717) is 11.5 Å². The molecule has 1 N–H and O–H groups in total. The Balaban J connectivity index is 1.79. The molecule has 1 unspecified atom stereocenters. The van der Waals surface area contributed by atoms with Crippen molar-refractivity contribution in [3.63, 3.8) is 0 Å². The molecule has 3 heteroatoms. The van der Waals surface area contributed by atoms with E-state index in [9.17, 15) is 0 Å². The second kappa shape index (κ2) is 7.24. The maximum atomic E-state index is 5.75. The summed E-state index contributed by atoms with van der Waals surface area (Å²) in [5.41, 5.74) is 0.657. The van der Waals surface area contributed by atoms with Gasteiger partial charge in [-0.1, -0.05) is 6.42 Å². The van der Waals surface area contributed by atoms with Crippen LogP contribution in [-0.2, 0) is 9.47 Å². The lowest BCUT2D eigenvalue weighted by atomic mass is 9.75. The van der Waals surface area contributed by atoms with Crippen molar-refractivity contribution < 1.29 is 9.47 Å². The fraction of sp³-hybridized carbons (Fsp3) is 1.00. The van der Waals surface area contributed by atoms with Gasteiger partial charge < -0.3 is 14.8 Å². The molecule has 2 aliphatic rings. The van der Waals surface area contributed by atoms with Gasteiger partial charge in [-0.25, -0.2) is 0 Å². The van der Waals surface area contributed by atoms with Gasteiger partial charge in [0.05, 0.1) is 6.10 Å². The molecule has 20 heavy (non-hydrogen) atoms. The molecular formula is C17H33NO2. The Morgan fingerprint density at radius 1 is 1.15 bits per heavy atom. The quantitative estimate of drug-likeness (QED) is 0.809. The summed E-state index contributed by atoms with van der Waals surface area (Å²) in [7, 11) is 0. The molecule has 0 radical (unpaired) electrons. The zero-order valence-corrected chi connectivity index (χ0v) is 13.7. The first-order valence-electron chi connectivity index (χ1n) is 8.44. The van der Waals surface area contributed by atoms with Crippen LogP contribution < -0.4 is 5.32 Å². The van der Waals surface area contributed by atoms with Crippen LogP contribution in [0.4, 0.5) is 0 Å². The van der Waals surface area contributed by atoms with Gasteiger partial charge in [-0.15, -0.1) is 0 Å². The van der Waals surface area contributed by atoms with E-state index in [4.69, 9.17) is 9.47 Å². The van der Waals surface area contributed by atoms with Crippen LogP contribution in [0.1, 0.15) is 65.7 Å². The maximum Gasteiger partial charge on any atom is 0.0576 e. The van der Waals surface area contributed by atoms with Gasteiger partial charge in [-0.05, 0) is 64.7 Å². The van der Waals surface area contributed by atoms with Gasteiger partial charge in [-0.2, -0.15) is 0 Å². The monoisotopic (exact) mass is 283 g/mol. The molecule has 0 bridgehead atoms. The largest absolute Gasteiger partial charge is 0.381 e. The number of hydrogen-bond acceptors (Lipinski definition) is 3. The Labute approximate surface area is 124 Å². The predicted molar refractivity (Wildman–Crippen MR) is 83.1 cm³/mol. The smallest absolute Gasteiger partial charge is 0.0576 e. The second-order valence-electron chi connectivity index (χ2n) is 7.74. The van der Waals surface area contributed by atoms with Crippen LogP contribution >= 0.6 is 0 Å². The third-order valence-electron chi connectivity index (χ3n) is 4.80. The summed E-state index contributed by atoms with van der Waals surface area (Å²) in [6.07, 6.45) is 9.37. The molecule has 0 aromatic carbocycles. The third kappa shape index (κ3) is 5.34. The Morgan fingerprint density at radius 3 is 2.50 bits per heavy atom. The topological polar surface area (TPSA) is 30.5 Å². The van der Waals surface area contributed by atoms with Gasteiger partial charge in [0, 0.05) is 31.9 Å². The first-order valence-corrected chi connectivity index (χ1v) is 8.44. The average molecular weight is 283 g/mol. The molecule has 1 atom stereocenters. The van der Waals surface area contributed by atoms with Gasteiger partial charge in [0.2, 0.25) is 0 Å². The van der Waals surface area contributed by atoms with Gasteiger partial charge in [-0.3, -0.25) is 0 Å². The van der Waals surface area contributed by atoms with Crippen LogP contribution in [0.25, 0.3) is 0 Å². The second-order valence-corrected chi connectivity index (χ2v) is 7.74. The lowest BCUT2D eigenvalue weighted by molar-refractivity contribution is 0.00404. The van der Waals surface area contributed by atoms with Crippen molar-refractivity contribution in [2.75, 3.05) is 26.4 Å². The van der Waals surface area contributed by atoms with Crippen molar-refractivity contribution in [3.8, 4) is 0 Å². The highest BCUT2D eigenvalue weighted by atomic mass is 16.5. The molecule has 3 nitrogen and oxygen atoms in total. The zero-order valence-electron chi connectivity index (χ0n) is 13.7. The van der Waals surface area contributed by atoms with Crippen LogP contribution in [0.2, 0.25) is 0 Å². The normalized spacial score (nSPS) is 26.9. The van der Waals surface area contributed by atoms with E-state index in [0.717, 1.165) is 26.4 Å². The fourth-order valence-electron chi connectivity index (χ4n) is 3.35. The molecule has 0 spiro atoms. The zero-order chi connectivity index (χ0) is 14.5. The summed E-state index contributed by atoms with van der Waals surface area (Å²) < 4.78 is 11.3. The van der Waals surface area contributed by atoms with E-state index in [1.165, 1.54) is 44.9 Å². The summed E-state index contributed by atoms with van der Waals surface area (Å²) >= 11 is 0. The number of ether oxygens (including phenoxy) is 2. The Bertz CT molecular complexity index is 273. The van der Waals surface area contributed by atoms with Crippen molar-refractivity contribution in [3.05, 3.63) is 0 Å². The Hall–Kier alpha value is -0.120. The first-order chi connectivity index (χ1) is 9.49. The Morgan fingerprint density at radius 2 is 1.90 bits per heavy atom. The molecule has 2 fully saturated rings. The van der Waals surface area contributed by atoms with Crippen LogP contribution in [0, 0.1) is 5.41 Å². The van der Waals surface area contributed by atoms with E-state index in [2.05, 4.69) is 26.1 Å². The summed E-state index contributed by atoms with van der Waals surface area (Å²) in [4.78, 5) is 0. The molecular weight excluding hydrogens is 250 g/mol. The molecule has 0 aromatic heterocycles. The predicted octanol–water partition coefficient (Wildman–Crippen LogP) is 3.52. The van der Waals surface area contributed by atoms with E-state index in [1.54, 1.807) is 0 Å². The van der Waals surface area contributed by atoms with Crippen LogP contribution in [0.3, 0.4) is 0 Å². The van der Waals surface area contributed by atoms with Crippen molar-refractivity contribution in [2.45, 2.75) is 77.4 Å². The van der Waals surface area contributed by atoms with Crippen LogP contribution in [-0.4, -0.2) is 38.0 Å². The molecule has 0 aromatic rings. The van der Waals surface area contributed by atoms with Crippen molar-refractivity contribution in [1.29, 1.82) is 0 Å². The average Bonchev–Trinajstić information content (AvgIpc) is 2.90. The molecule has 0 aliphatic carbocycles. The molecule has 2 aliphatic heterocycles. The third-order valence-corrected chi connectivity index (χ3v) is 4.80. The summed E-state index contributed by atoms with van der Waals surface area (Å²) in [5.74, 6) is 0. The summed E-state index contributed by atoms with van der Waals surface area (Å²) in [5, 5.41) is 3.72. The molecule has 2 rings (SSSR count). The minimum Gasteiger partial charge on any atom is -0.381 e. The SMILES string of the molecule is CC(C)(C)NCC1(CCCC2CCCO2)CCOCC1. The van der Waals surface area contributed by atoms with Crippen LogP contribution in [0.15, 0.2) is 0 Å². The number of nitrogens with one attached hydrogen (secondary N) is 1. The molecule has 0 saturated carbocycles. The molecule has 118 valence electrons. The summed E-state index contributed by atoms with van der Waals surface area (Å²) in [6, 6.07) is 0. The van der Waals surface area contributed by atoms with Gasteiger partial charge in [0.15, 0.2) is 0 Å². The van der Waals surface area contributed by atoms with Crippen molar-refractivity contribution in [2.24, 2.45) is 5.41 Å². The molecule has 0 amide bonds. The minimum atomic E-state index is 0.208. The van der Waals surface area contributed by atoms with Gasteiger partial charge >= 0.3 is 0 Å². The van der Waals surface area contributed by atoms with Crippen molar-refractivity contribution in [1.82, 2.24) is 5.32 Å². The highest BCUT2D eigenvalue weighted by Gasteiger charge is 2.33. The lowest BCUT2D eigenvalue weighted by Crippen LogP contribution is -2.46. The van der Waals surface area contributed by atoms with E-state index in [-0.39, 0.29) is 5.54 Å². The highest BCUT2D eigenvalue weighted by Crippen LogP contribution is 2.36.